The van der Waals surface area contributed by atoms with Crippen molar-refractivity contribution < 1.29 is 33.8 Å². The molecule has 2 rings (SSSR count). The van der Waals surface area contributed by atoms with Crippen LogP contribution in [-0.2, 0) is 23.9 Å². The third kappa shape index (κ3) is 13.0. The fourth-order valence-corrected chi connectivity index (χ4v) is 3.36. The van der Waals surface area contributed by atoms with Gasteiger partial charge in [-0.15, -0.1) is 0 Å². The van der Waals surface area contributed by atoms with E-state index < -0.39 is 0 Å². The van der Waals surface area contributed by atoms with Gasteiger partial charge in [-0.25, -0.2) is 0 Å². The van der Waals surface area contributed by atoms with Gasteiger partial charge in [-0.05, 0) is 66.9 Å². The van der Waals surface area contributed by atoms with Gasteiger partial charge in [0.1, 0.15) is 6.61 Å². The van der Waals surface area contributed by atoms with Crippen LogP contribution < -0.4 is 16.0 Å². The second-order valence-corrected chi connectivity index (χ2v) is 8.51. The van der Waals surface area contributed by atoms with Crippen LogP contribution in [0.3, 0.4) is 0 Å². The third-order valence-electron chi connectivity index (χ3n) is 5.37. The number of nitrogens with zero attached hydrogens (tertiary/aromatic N) is 3. The van der Waals surface area contributed by atoms with Crippen molar-refractivity contribution in [3.05, 3.63) is 70.1 Å². The van der Waals surface area contributed by atoms with E-state index in [-0.39, 0.29) is 69.6 Å². The van der Waals surface area contributed by atoms with Crippen molar-refractivity contribution >= 4 is 34.9 Å². The first-order valence-electron chi connectivity index (χ1n) is 12.8. The Kier molecular flexibility index (Phi) is 15.1. The number of aliphatic hydroxyl groups is 1. The molecule has 0 saturated heterocycles. The summed E-state index contributed by atoms with van der Waals surface area (Å²) in [5, 5.41) is 20.0. The molecule has 0 heterocycles. The van der Waals surface area contributed by atoms with Crippen molar-refractivity contribution in [2.45, 2.75) is 25.7 Å². The number of ketones is 1. The van der Waals surface area contributed by atoms with Crippen LogP contribution in [0.2, 0.25) is 0 Å². The molecule has 0 bridgehead atoms. The highest BCUT2D eigenvalue weighted by Crippen LogP contribution is 2.16. The van der Waals surface area contributed by atoms with E-state index in [0.29, 0.717) is 41.8 Å². The number of carbonyl (C=O) groups excluding carboxylic acids is 4. The Balaban J connectivity index is 1.72. The summed E-state index contributed by atoms with van der Waals surface area (Å²) in [5.74, 6) is -1.20. The molecule has 0 atom stereocenters. The van der Waals surface area contributed by atoms with Crippen molar-refractivity contribution in [2.75, 3.05) is 56.8 Å². The lowest BCUT2D eigenvalue weighted by atomic mass is 10.0. The topological polar surface area (TPSA) is 192 Å². The van der Waals surface area contributed by atoms with E-state index in [1.165, 1.54) is 0 Å². The lowest BCUT2D eigenvalue weighted by Gasteiger charge is -2.09. The molecule has 0 radical (unpaired) electrons. The number of carbonyl (C=O) groups is 4. The average molecular weight is 555 g/mol. The first-order chi connectivity index (χ1) is 19.4. The first-order valence-corrected chi connectivity index (χ1v) is 12.8. The molecule has 0 aliphatic heterocycles. The number of hydrogen-bond acceptors (Lipinski definition) is 8. The van der Waals surface area contributed by atoms with Gasteiger partial charge >= 0.3 is 0 Å². The van der Waals surface area contributed by atoms with Gasteiger partial charge in [0.25, 0.3) is 0 Å². The monoisotopic (exact) mass is 554 g/mol. The fourth-order valence-electron chi connectivity index (χ4n) is 3.36. The summed E-state index contributed by atoms with van der Waals surface area (Å²) in [5.41, 5.74) is 9.99. The molecule has 3 amide bonds. The molecular weight excluding hydrogens is 520 g/mol. The zero-order valence-corrected chi connectivity index (χ0v) is 22.1. The molecule has 0 saturated carbocycles. The number of rotatable bonds is 19. The number of hydrogen-bond donors (Lipinski definition) is 4. The molecule has 4 N–H and O–H groups in total. The molecular formula is C27H34N6O7. The van der Waals surface area contributed by atoms with Crippen LogP contribution >= 0.6 is 0 Å². The number of nitrogens with one attached hydrogen (secondary N) is 3. The molecule has 0 spiro atoms. The summed E-state index contributed by atoms with van der Waals surface area (Å²) in [7, 11) is 0. The van der Waals surface area contributed by atoms with E-state index >= 15 is 0 Å². The number of anilines is 2. The average Bonchev–Trinajstić information content (AvgIpc) is 2.96. The molecule has 2 aromatic carbocycles. The van der Waals surface area contributed by atoms with Crippen LogP contribution in [0.1, 0.15) is 41.6 Å². The van der Waals surface area contributed by atoms with Gasteiger partial charge < -0.3 is 30.5 Å². The van der Waals surface area contributed by atoms with Gasteiger partial charge in [-0.3, -0.25) is 19.2 Å². The highest BCUT2D eigenvalue weighted by molar-refractivity contribution is 6.09. The van der Waals surface area contributed by atoms with Crippen molar-refractivity contribution in [3.63, 3.8) is 0 Å². The van der Waals surface area contributed by atoms with E-state index in [1.54, 1.807) is 48.5 Å². The number of ether oxygens (including phenoxy) is 2. The minimum Gasteiger partial charge on any atom is -0.396 e. The van der Waals surface area contributed by atoms with E-state index in [4.69, 9.17) is 20.1 Å². The highest BCUT2D eigenvalue weighted by atomic mass is 16.5. The summed E-state index contributed by atoms with van der Waals surface area (Å²) in [6, 6.07) is 12.8. The molecule has 40 heavy (non-hydrogen) atoms. The number of unbranched alkanes of at least 4 members (excludes halogenated alkanes) is 2. The summed E-state index contributed by atoms with van der Waals surface area (Å²) in [6.45, 7) is 0.756. The number of amides is 3. The van der Waals surface area contributed by atoms with Crippen molar-refractivity contribution in [1.82, 2.24) is 5.32 Å². The van der Waals surface area contributed by atoms with Crippen molar-refractivity contribution in [1.29, 1.82) is 0 Å². The fraction of sp³-hybridized carbons (Fsp3) is 0.407. The summed E-state index contributed by atoms with van der Waals surface area (Å²) in [6.07, 6.45) is 2.34. The van der Waals surface area contributed by atoms with E-state index in [9.17, 15) is 19.2 Å². The van der Waals surface area contributed by atoms with Gasteiger partial charge in [0.2, 0.25) is 17.7 Å². The maximum absolute atomic E-state index is 12.8. The Labute approximate surface area is 231 Å². The molecule has 0 aliphatic rings. The zero-order valence-electron chi connectivity index (χ0n) is 22.1. The van der Waals surface area contributed by atoms with E-state index in [1.807, 2.05) is 0 Å². The van der Waals surface area contributed by atoms with Crippen LogP contribution in [0, 0.1) is 0 Å². The quantitative estimate of drug-likeness (QED) is 0.0674. The van der Waals surface area contributed by atoms with Crippen LogP contribution in [0.25, 0.3) is 10.4 Å². The Hall–Kier alpha value is -4.29. The Morgan fingerprint density at radius 3 is 1.98 bits per heavy atom. The lowest BCUT2D eigenvalue weighted by molar-refractivity contribution is -0.124. The van der Waals surface area contributed by atoms with Gasteiger partial charge in [-0.2, -0.15) is 0 Å². The maximum atomic E-state index is 12.8. The predicted molar refractivity (Wildman–Crippen MR) is 148 cm³/mol. The van der Waals surface area contributed by atoms with Gasteiger partial charge in [0.15, 0.2) is 5.78 Å². The SMILES string of the molecule is [N-]=[N+]=NCCOCCOCC(=O)Nc1ccc(C(=O)c2ccc(NC(=O)CNC(=O)CCCCCO)cc2)cc1. The zero-order chi connectivity index (χ0) is 29.0. The highest BCUT2D eigenvalue weighted by Gasteiger charge is 2.11. The molecule has 13 nitrogen and oxygen atoms in total. The minimum absolute atomic E-state index is 0.0966. The van der Waals surface area contributed by atoms with Crippen molar-refractivity contribution in [2.24, 2.45) is 5.11 Å². The Bertz CT molecular complexity index is 1150. The largest absolute Gasteiger partial charge is 0.396 e. The van der Waals surface area contributed by atoms with E-state index in [0.717, 1.165) is 6.42 Å². The second kappa shape index (κ2) is 18.9. The van der Waals surface area contributed by atoms with Gasteiger partial charge in [0.05, 0.1) is 26.4 Å². The van der Waals surface area contributed by atoms with Crippen LogP contribution in [0.5, 0.6) is 0 Å². The minimum atomic E-state index is -0.388. The summed E-state index contributed by atoms with van der Waals surface area (Å²) in [4.78, 5) is 51.3. The molecule has 0 unspecified atom stereocenters. The van der Waals surface area contributed by atoms with Crippen LogP contribution in [-0.4, -0.2) is 74.7 Å². The number of azide groups is 1. The molecule has 0 aromatic heterocycles. The predicted octanol–water partition coefficient (Wildman–Crippen LogP) is 2.81. The number of aliphatic hydroxyl groups excluding tert-OH is 1. The number of benzene rings is 2. The van der Waals surface area contributed by atoms with Crippen molar-refractivity contribution in [3.8, 4) is 0 Å². The lowest BCUT2D eigenvalue weighted by Crippen LogP contribution is -2.32. The first kappa shape index (κ1) is 31.9. The molecule has 13 heteroatoms. The normalized spacial score (nSPS) is 10.3. The standard InChI is InChI=1S/C27H34N6O7/c28-33-30-13-15-39-16-17-40-19-26(37)32-23-11-7-21(8-12-23)27(38)20-5-9-22(10-6-20)31-25(36)18-29-24(35)4-2-1-3-14-34/h5-12,34H,1-4,13-19H2,(H,29,35)(H,31,36)(H,32,37). The van der Waals surface area contributed by atoms with E-state index in [2.05, 4.69) is 26.0 Å². The van der Waals surface area contributed by atoms with Crippen LogP contribution in [0.4, 0.5) is 11.4 Å². The van der Waals surface area contributed by atoms with Crippen LogP contribution in [0.15, 0.2) is 53.6 Å². The molecule has 0 aliphatic carbocycles. The smallest absolute Gasteiger partial charge is 0.250 e. The Morgan fingerprint density at radius 2 is 1.38 bits per heavy atom. The second-order valence-electron chi connectivity index (χ2n) is 8.51. The van der Waals surface area contributed by atoms with Gasteiger partial charge in [-0.1, -0.05) is 11.5 Å². The third-order valence-corrected chi connectivity index (χ3v) is 5.37. The summed E-state index contributed by atoms with van der Waals surface area (Å²) < 4.78 is 10.4. The molecule has 2 aromatic rings. The maximum Gasteiger partial charge on any atom is 0.250 e. The molecule has 214 valence electrons. The summed E-state index contributed by atoms with van der Waals surface area (Å²) >= 11 is 0. The molecule has 0 fully saturated rings. The van der Waals surface area contributed by atoms with Gasteiger partial charge in [0, 0.05) is 47.0 Å². The Morgan fingerprint density at radius 1 is 0.775 bits per heavy atom.